The van der Waals surface area contributed by atoms with Gasteiger partial charge in [0.25, 0.3) is 0 Å². The predicted molar refractivity (Wildman–Crippen MR) is 76.0 cm³/mol. The normalized spacial score (nSPS) is 12.7. The van der Waals surface area contributed by atoms with E-state index in [0.29, 0.717) is 11.4 Å². The number of hydrogen-bond acceptors (Lipinski definition) is 2. The van der Waals surface area contributed by atoms with Gasteiger partial charge in [0.05, 0.1) is 16.8 Å². The third-order valence-electron chi connectivity index (χ3n) is 2.50. The molecule has 90 valence electrons. The van der Waals surface area contributed by atoms with Gasteiger partial charge in [-0.25, -0.2) is 0 Å². The number of aliphatic hydroxyl groups excluding tert-OH is 1. The van der Waals surface area contributed by atoms with Crippen molar-refractivity contribution in [2.45, 2.75) is 12.5 Å². The summed E-state index contributed by atoms with van der Waals surface area (Å²) < 4.78 is 2.71. The van der Waals surface area contributed by atoms with Gasteiger partial charge in [-0.1, -0.05) is 17.7 Å². The van der Waals surface area contributed by atoms with Crippen molar-refractivity contribution >= 4 is 34.2 Å². The maximum atomic E-state index is 10.1. The lowest BCUT2D eigenvalue weighted by atomic mass is 10.1. The molecule has 0 saturated carbocycles. The number of hydrogen-bond donors (Lipinski definition) is 1. The summed E-state index contributed by atoms with van der Waals surface area (Å²) >= 11 is 8.19. The van der Waals surface area contributed by atoms with Crippen molar-refractivity contribution in [3.05, 3.63) is 50.3 Å². The molecule has 0 bridgehead atoms. The Bertz CT molecular complexity index is 527. The van der Waals surface area contributed by atoms with Gasteiger partial charge in [0, 0.05) is 23.2 Å². The molecule has 1 aromatic heterocycles. The Morgan fingerprint density at radius 1 is 1.47 bits per heavy atom. The van der Waals surface area contributed by atoms with E-state index in [1.54, 1.807) is 10.7 Å². The quantitative estimate of drug-likeness (QED) is 0.853. The van der Waals surface area contributed by atoms with E-state index >= 15 is 0 Å². The third-order valence-corrected chi connectivity index (χ3v) is 4.07. The van der Waals surface area contributed by atoms with Crippen molar-refractivity contribution in [1.29, 1.82) is 0 Å². The average Bonchev–Trinajstić information content (AvgIpc) is 2.68. The Morgan fingerprint density at radius 2 is 2.24 bits per heavy atom. The standard InChI is InChI=1S/C12H12ClIN2O/c1-16-5-4-9(15-16)7-12(17)8-2-3-11(14)10(13)6-8/h2-6,12,17H,7H2,1H3. The second kappa shape index (κ2) is 5.37. The fourth-order valence-corrected chi connectivity index (χ4v) is 2.13. The zero-order chi connectivity index (χ0) is 12.4. The molecule has 17 heavy (non-hydrogen) atoms. The summed E-state index contributed by atoms with van der Waals surface area (Å²) in [4.78, 5) is 0. The van der Waals surface area contributed by atoms with Crippen molar-refractivity contribution in [3.63, 3.8) is 0 Å². The topological polar surface area (TPSA) is 38.0 Å². The minimum Gasteiger partial charge on any atom is -0.388 e. The highest BCUT2D eigenvalue weighted by Gasteiger charge is 2.11. The summed E-state index contributed by atoms with van der Waals surface area (Å²) in [6, 6.07) is 7.50. The van der Waals surface area contributed by atoms with Gasteiger partial charge in [-0.15, -0.1) is 0 Å². The molecule has 3 nitrogen and oxygen atoms in total. The molecular weight excluding hydrogens is 351 g/mol. The van der Waals surface area contributed by atoms with Crippen LogP contribution in [0.25, 0.3) is 0 Å². The SMILES string of the molecule is Cn1ccc(CC(O)c2ccc(I)c(Cl)c2)n1. The van der Waals surface area contributed by atoms with Gasteiger partial charge < -0.3 is 5.11 Å². The monoisotopic (exact) mass is 362 g/mol. The summed E-state index contributed by atoms with van der Waals surface area (Å²) in [5, 5.41) is 15.0. The van der Waals surface area contributed by atoms with Gasteiger partial charge in [-0.2, -0.15) is 5.10 Å². The Balaban J connectivity index is 2.14. The van der Waals surface area contributed by atoms with Gasteiger partial charge in [-0.3, -0.25) is 4.68 Å². The van der Waals surface area contributed by atoms with Crippen LogP contribution in [0, 0.1) is 3.57 Å². The maximum Gasteiger partial charge on any atom is 0.0846 e. The van der Waals surface area contributed by atoms with Crippen LogP contribution < -0.4 is 0 Å². The van der Waals surface area contributed by atoms with Gasteiger partial charge in [0.1, 0.15) is 0 Å². The van der Waals surface area contributed by atoms with Crippen LogP contribution in [0.4, 0.5) is 0 Å². The fraction of sp³-hybridized carbons (Fsp3) is 0.250. The molecule has 2 aromatic rings. The molecule has 1 N–H and O–H groups in total. The van der Waals surface area contributed by atoms with Crippen molar-refractivity contribution < 1.29 is 5.11 Å². The molecule has 1 heterocycles. The zero-order valence-electron chi connectivity index (χ0n) is 9.27. The van der Waals surface area contributed by atoms with Crippen LogP contribution >= 0.6 is 34.2 Å². The first-order valence-corrected chi connectivity index (χ1v) is 6.63. The molecule has 0 aliphatic heterocycles. The lowest BCUT2D eigenvalue weighted by molar-refractivity contribution is 0.177. The number of benzene rings is 1. The minimum atomic E-state index is -0.570. The van der Waals surface area contributed by atoms with Crippen LogP contribution in [-0.2, 0) is 13.5 Å². The Hall–Kier alpha value is -0.590. The highest BCUT2D eigenvalue weighted by molar-refractivity contribution is 14.1. The van der Waals surface area contributed by atoms with Gasteiger partial charge in [-0.05, 0) is 46.4 Å². The number of nitrogens with zero attached hydrogens (tertiary/aromatic N) is 2. The van der Waals surface area contributed by atoms with E-state index in [-0.39, 0.29) is 0 Å². The van der Waals surface area contributed by atoms with Gasteiger partial charge in [0.2, 0.25) is 0 Å². The summed E-state index contributed by atoms with van der Waals surface area (Å²) in [7, 11) is 1.86. The molecule has 2 rings (SSSR count). The summed E-state index contributed by atoms with van der Waals surface area (Å²) in [6.45, 7) is 0. The molecule has 0 aliphatic carbocycles. The van der Waals surface area contributed by atoms with E-state index in [1.165, 1.54) is 0 Å². The van der Waals surface area contributed by atoms with Gasteiger partial charge >= 0.3 is 0 Å². The van der Waals surface area contributed by atoms with E-state index in [1.807, 2.05) is 31.4 Å². The smallest absolute Gasteiger partial charge is 0.0846 e. The van der Waals surface area contributed by atoms with E-state index in [2.05, 4.69) is 27.7 Å². The molecule has 1 aromatic carbocycles. The highest BCUT2D eigenvalue weighted by Crippen LogP contribution is 2.24. The van der Waals surface area contributed by atoms with Crippen molar-refractivity contribution in [1.82, 2.24) is 9.78 Å². The number of halogens is 2. The molecule has 0 amide bonds. The van der Waals surface area contributed by atoms with E-state index in [0.717, 1.165) is 14.8 Å². The zero-order valence-corrected chi connectivity index (χ0v) is 12.2. The predicted octanol–water partition coefficient (Wildman–Crippen LogP) is 2.95. The summed E-state index contributed by atoms with van der Waals surface area (Å²) in [5.41, 5.74) is 1.69. The van der Waals surface area contributed by atoms with Crippen LogP contribution in [-0.4, -0.2) is 14.9 Å². The highest BCUT2D eigenvalue weighted by atomic mass is 127. The molecule has 5 heteroatoms. The first-order valence-electron chi connectivity index (χ1n) is 5.18. The minimum absolute atomic E-state index is 0.498. The molecule has 0 radical (unpaired) electrons. The lowest BCUT2D eigenvalue weighted by Gasteiger charge is -2.10. The van der Waals surface area contributed by atoms with Gasteiger partial charge in [0.15, 0.2) is 0 Å². The molecule has 0 fully saturated rings. The molecule has 1 unspecified atom stereocenters. The van der Waals surface area contributed by atoms with Crippen LogP contribution in [0.15, 0.2) is 30.5 Å². The molecule has 0 spiro atoms. The Morgan fingerprint density at radius 3 is 2.82 bits per heavy atom. The summed E-state index contributed by atoms with van der Waals surface area (Å²) in [6.07, 6.45) is 1.79. The Labute approximate surface area is 119 Å². The van der Waals surface area contributed by atoms with Crippen molar-refractivity contribution in [2.75, 3.05) is 0 Å². The molecular formula is C12H12ClIN2O. The second-order valence-corrected chi connectivity index (χ2v) is 5.44. The van der Waals surface area contributed by atoms with E-state index in [9.17, 15) is 5.11 Å². The summed E-state index contributed by atoms with van der Waals surface area (Å²) in [5.74, 6) is 0. The van der Waals surface area contributed by atoms with Crippen LogP contribution in [0.1, 0.15) is 17.4 Å². The lowest BCUT2D eigenvalue weighted by Crippen LogP contribution is -2.03. The average molecular weight is 363 g/mol. The van der Waals surface area contributed by atoms with Crippen molar-refractivity contribution in [3.8, 4) is 0 Å². The fourth-order valence-electron chi connectivity index (χ4n) is 1.61. The van der Waals surface area contributed by atoms with Crippen LogP contribution in [0.3, 0.4) is 0 Å². The van der Waals surface area contributed by atoms with E-state index < -0.39 is 6.10 Å². The molecule has 0 saturated heterocycles. The van der Waals surface area contributed by atoms with Crippen molar-refractivity contribution in [2.24, 2.45) is 7.05 Å². The molecule has 1 atom stereocenters. The molecule has 0 aliphatic rings. The number of aliphatic hydroxyl groups is 1. The number of rotatable bonds is 3. The number of aryl methyl sites for hydroxylation is 1. The third kappa shape index (κ3) is 3.20. The first-order chi connectivity index (χ1) is 8.06. The number of aromatic nitrogens is 2. The Kier molecular flexibility index (Phi) is 4.06. The maximum absolute atomic E-state index is 10.1. The van der Waals surface area contributed by atoms with E-state index in [4.69, 9.17) is 11.6 Å². The van der Waals surface area contributed by atoms with Crippen LogP contribution in [0.5, 0.6) is 0 Å². The van der Waals surface area contributed by atoms with Crippen LogP contribution in [0.2, 0.25) is 5.02 Å². The first kappa shape index (κ1) is 12.9. The second-order valence-electron chi connectivity index (χ2n) is 3.87. The largest absolute Gasteiger partial charge is 0.388 e.